The Morgan fingerprint density at radius 2 is 0.662 bits per heavy atom. The number of fused-ring (bicyclic) bond motifs is 9. The highest BCUT2D eigenvalue weighted by atomic mass is 16.3. The van der Waals surface area contributed by atoms with Crippen LogP contribution in [0.15, 0.2) is 229 Å². The Hall–Kier alpha value is -8.20. The molecule has 10 aromatic carbocycles. The van der Waals surface area contributed by atoms with Gasteiger partial charge >= 0.3 is 0 Å². The van der Waals surface area contributed by atoms with E-state index in [1.807, 2.05) is 12.1 Å². The van der Waals surface area contributed by atoms with E-state index in [1.165, 1.54) is 89.0 Å². The Kier molecular flexibility index (Phi) is 8.95. The quantitative estimate of drug-likeness (QED) is 0.159. The zero-order chi connectivity index (χ0) is 45.7. The number of hydrogen-bond donors (Lipinski definition) is 0. The molecule has 0 aliphatic heterocycles. The van der Waals surface area contributed by atoms with E-state index in [4.69, 9.17) is 4.42 Å². The molecule has 0 spiro atoms. The normalized spacial score (nSPS) is 13.8. The summed E-state index contributed by atoms with van der Waals surface area (Å²) in [4.78, 5) is 2.47. The van der Waals surface area contributed by atoms with Gasteiger partial charge in [0.25, 0.3) is 0 Å². The Morgan fingerprint density at radius 3 is 1.24 bits per heavy atom. The maximum absolute atomic E-state index is 6.16. The van der Waals surface area contributed by atoms with E-state index in [-0.39, 0.29) is 10.8 Å². The molecule has 1 heterocycles. The van der Waals surface area contributed by atoms with Crippen molar-refractivity contribution in [1.29, 1.82) is 0 Å². The van der Waals surface area contributed by atoms with Crippen molar-refractivity contribution in [3.63, 3.8) is 0 Å². The van der Waals surface area contributed by atoms with Crippen LogP contribution in [-0.4, -0.2) is 0 Å². The fourth-order valence-corrected chi connectivity index (χ4v) is 11.4. The Labute approximate surface area is 398 Å². The second kappa shape index (κ2) is 15.2. The molecule has 0 bridgehead atoms. The van der Waals surface area contributed by atoms with Gasteiger partial charge in [-0.15, -0.1) is 0 Å². The van der Waals surface area contributed by atoms with Gasteiger partial charge in [-0.3, -0.25) is 0 Å². The van der Waals surface area contributed by atoms with Gasteiger partial charge in [0.05, 0.1) is 0 Å². The third-order valence-electron chi connectivity index (χ3n) is 15.1. The minimum absolute atomic E-state index is 0.195. The summed E-state index contributed by atoms with van der Waals surface area (Å²) >= 11 is 0. The van der Waals surface area contributed by atoms with Gasteiger partial charge in [-0.05, 0) is 162 Å². The predicted molar refractivity (Wildman–Crippen MR) is 285 cm³/mol. The summed E-state index contributed by atoms with van der Waals surface area (Å²) in [6.45, 7) is 9.55. The van der Waals surface area contributed by atoms with Gasteiger partial charge in [-0.2, -0.15) is 0 Å². The minimum atomic E-state index is -0.195. The predicted octanol–water partition coefficient (Wildman–Crippen LogP) is 18.3. The number of para-hydroxylation sites is 1. The summed E-state index contributed by atoms with van der Waals surface area (Å²) in [5, 5.41) is 2.28. The number of hydrogen-bond acceptors (Lipinski definition) is 2. The molecule has 0 saturated carbocycles. The Morgan fingerprint density at radius 1 is 0.279 bits per heavy atom. The second-order valence-electron chi connectivity index (χ2n) is 19.7. The van der Waals surface area contributed by atoms with Gasteiger partial charge in [-0.1, -0.05) is 179 Å². The van der Waals surface area contributed by atoms with Crippen molar-refractivity contribution in [3.8, 4) is 66.8 Å². The molecule has 2 heteroatoms. The first kappa shape index (κ1) is 40.1. The molecular formula is C66H49NO. The van der Waals surface area contributed by atoms with Gasteiger partial charge in [0.15, 0.2) is 0 Å². The number of nitrogens with zero attached hydrogens (tertiary/aromatic N) is 1. The molecule has 2 aliphatic carbocycles. The fourth-order valence-electron chi connectivity index (χ4n) is 11.4. The van der Waals surface area contributed by atoms with Crippen LogP contribution in [0.2, 0.25) is 0 Å². The first-order valence-electron chi connectivity index (χ1n) is 23.8. The van der Waals surface area contributed by atoms with Gasteiger partial charge in [0.2, 0.25) is 0 Å². The van der Waals surface area contributed by atoms with Gasteiger partial charge in [0.1, 0.15) is 11.2 Å². The molecule has 0 unspecified atom stereocenters. The summed E-state index contributed by atoms with van der Waals surface area (Å²) in [6.07, 6.45) is 0. The van der Waals surface area contributed by atoms with E-state index in [2.05, 4.69) is 245 Å². The minimum Gasteiger partial charge on any atom is -0.456 e. The van der Waals surface area contributed by atoms with Crippen molar-refractivity contribution >= 4 is 39.0 Å². The van der Waals surface area contributed by atoms with E-state index in [0.29, 0.717) is 0 Å². The lowest BCUT2D eigenvalue weighted by atomic mass is 9.81. The lowest BCUT2D eigenvalue weighted by molar-refractivity contribution is 0.660. The van der Waals surface area contributed by atoms with E-state index in [0.717, 1.165) is 39.0 Å². The molecule has 0 saturated heterocycles. The van der Waals surface area contributed by atoms with Crippen LogP contribution in [0.4, 0.5) is 17.1 Å². The van der Waals surface area contributed by atoms with Crippen LogP contribution in [0.3, 0.4) is 0 Å². The second-order valence-corrected chi connectivity index (χ2v) is 19.7. The molecule has 1 aromatic heterocycles. The summed E-state index contributed by atoms with van der Waals surface area (Å²) in [6, 6.07) is 82.7. The SMILES string of the molecule is CC1(C)c2cc(-c3ccccc3)ccc2-c2ccc(N(c3ccc(-c4cccc(-c5ccc6oc7ccccc7c6c5)c4)cc3)c3ccc4c(c3)C(C)(C)c3cc(-c5ccccc5)ccc3-4)cc21. The average molecular weight is 872 g/mol. The molecule has 0 atom stereocenters. The molecule has 2 aliphatic rings. The maximum Gasteiger partial charge on any atom is 0.135 e. The zero-order valence-electron chi connectivity index (χ0n) is 38.7. The summed E-state index contributed by atoms with van der Waals surface area (Å²) in [5.41, 5.74) is 25.2. The Balaban J connectivity index is 0.903. The number of benzene rings is 10. The molecular weight excluding hydrogens is 823 g/mol. The molecule has 324 valence electrons. The number of anilines is 3. The zero-order valence-corrected chi connectivity index (χ0v) is 38.7. The van der Waals surface area contributed by atoms with E-state index in [1.54, 1.807) is 0 Å². The first-order valence-corrected chi connectivity index (χ1v) is 23.8. The molecule has 11 aromatic rings. The van der Waals surface area contributed by atoms with Crippen molar-refractivity contribution in [2.45, 2.75) is 38.5 Å². The molecule has 0 N–H and O–H groups in total. The first-order chi connectivity index (χ1) is 33.2. The lowest BCUT2D eigenvalue weighted by Crippen LogP contribution is -2.18. The average Bonchev–Trinajstić information content (AvgIpc) is 3.95. The van der Waals surface area contributed by atoms with Crippen molar-refractivity contribution < 1.29 is 4.42 Å². The van der Waals surface area contributed by atoms with Crippen LogP contribution in [0.1, 0.15) is 49.9 Å². The monoisotopic (exact) mass is 871 g/mol. The summed E-state index contributed by atoms with van der Waals surface area (Å²) in [7, 11) is 0. The molecule has 2 nitrogen and oxygen atoms in total. The van der Waals surface area contributed by atoms with Gasteiger partial charge in [-0.25, -0.2) is 0 Å². The van der Waals surface area contributed by atoms with Crippen molar-refractivity contribution in [2.75, 3.05) is 4.90 Å². The van der Waals surface area contributed by atoms with Crippen LogP contribution in [-0.2, 0) is 10.8 Å². The van der Waals surface area contributed by atoms with Crippen molar-refractivity contribution in [3.05, 3.63) is 247 Å². The van der Waals surface area contributed by atoms with Gasteiger partial charge < -0.3 is 9.32 Å². The van der Waals surface area contributed by atoms with Crippen LogP contribution in [0.25, 0.3) is 88.7 Å². The number of rotatable bonds is 7. The maximum atomic E-state index is 6.16. The third-order valence-corrected chi connectivity index (χ3v) is 15.1. The van der Waals surface area contributed by atoms with Gasteiger partial charge in [0, 0.05) is 38.7 Å². The van der Waals surface area contributed by atoms with Crippen molar-refractivity contribution in [2.24, 2.45) is 0 Å². The lowest BCUT2D eigenvalue weighted by Gasteiger charge is -2.30. The summed E-state index contributed by atoms with van der Waals surface area (Å²) in [5.74, 6) is 0. The molecule has 0 fully saturated rings. The van der Waals surface area contributed by atoms with Crippen LogP contribution >= 0.6 is 0 Å². The van der Waals surface area contributed by atoms with Crippen LogP contribution in [0.5, 0.6) is 0 Å². The largest absolute Gasteiger partial charge is 0.456 e. The Bertz CT molecular complexity index is 3630. The van der Waals surface area contributed by atoms with E-state index < -0.39 is 0 Å². The van der Waals surface area contributed by atoms with Crippen LogP contribution < -0.4 is 4.90 Å². The standard InChI is InChI=1S/C66H49NO/c1-65(2)59-38-48(42-14-7-5-8-15-42)24-31-53(59)55-33-29-51(40-61(55)65)67(52-30-34-56-54-32-25-49(43-16-9-6-10-17-43)39-60(54)66(3,4)62(56)41-52)50-27-22-44(23-28-50)45-18-13-19-46(36-45)47-26-35-64-58(37-47)57-20-11-12-21-63(57)68-64/h5-41H,1-4H3. The van der Waals surface area contributed by atoms with Crippen LogP contribution in [0, 0.1) is 0 Å². The van der Waals surface area contributed by atoms with E-state index >= 15 is 0 Å². The fraction of sp³-hybridized carbons (Fsp3) is 0.0909. The summed E-state index contributed by atoms with van der Waals surface area (Å²) < 4.78 is 6.16. The highest BCUT2D eigenvalue weighted by Gasteiger charge is 2.38. The molecule has 13 rings (SSSR count). The highest BCUT2D eigenvalue weighted by Crippen LogP contribution is 2.54. The smallest absolute Gasteiger partial charge is 0.135 e. The topological polar surface area (TPSA) is 16.4 Å². The van der Waals surface area contributed by atoms with Crippen molar-refractivity contribution in [1.82, 2.24) is 0 Å². The number of furan rings is 1. The molecule has 0 amide bonds. The molecule has 0 radical (unpaired) electrons. The molecule has 68 heavy (non-hydrogen) atoms. The van der Waals surface area contributed by atoms with E-state index in [9.17, 15) is 0 Å². The highest BCUT2D eigenvalue weighted by molar-refractivity contribution is 6.06. The third kappa shape index (κ3) is 6.32.